The monoisotopic (exact) mass is 644 g/mol. The van der Waals surface area contributed by atoms with Crippen molar-refractivity contribution in [2.75, 3.05) is 58.9 Å². The minimum atomic E-state index is 0.288. The van der Waals surface area contributed by atoms with E-state index in [1.807, 2.05) is 18.2 Å². The quantitative estimate of drug-likeness (QED) is 0.146. The second-order valence-corrected chi connectivity index (χ2v) is 12.1. The van der Waals surface area contributed by atoms with Crippen molar-refractivity contribution in [1.29, 1.82) is 0 Å². The Balaban J connectivity index is 1.55. The minimum Gasteiger partial charge on any atom is -0.508 e. The molecule has 1 saturated heterocycles. The predicted octanol–water partition coefficient (Wildman–Crippen LogP) is 3.70. The lowest BCUT2D eigenvalue weighted by Crippen LogP contribution is -2.35. The number of halogens is 2. The highest BCUT2D eigenvalue weighted by atomic mass is 35.5. The molecule has 1 aliphatic heterocycles. The molecule has 0 bridgehead atoms. The Kier molecular flexibility index (Phi) is 13.8. The maximum Gasteiger partial charge on any atom is 0.120 e. The maximum atomic E-state index is 10.7. The summed E-state index contributed by atoms with van der Waals surface area (Å²) >= 11 is 11.4. The average Bonchev–Trinajstić information content (AvgIpc) is 3.11. The number of nitrogens with two attached hydrogens (primary N) is 1. The number of phenols is 3. The molecule has 1 aliphatic rings. The van der Waals surface area contributed by atoms with Gasteiger partial charge in [-0.1, -0.05) is 36.4 Å². The highest BCUT2D eigenvalue weighted by Gasteiger charge is 2.20. The predicted molar refractivity (Wildman–Crippen MR) is 178 cm³/mol. The number of aromatic hydroxyl groups is 3. The zero-order valence-electron chi connectivity index (χ0n) is 25.3. The molecule has 1 fully saturated rings. The second-order valence-electron chi connectivity index (χ2n) is 11.5. The number of rotatable bonds is 14. The van der Waals surface area contributed by atoms with Crippen LogP contribution in [-0.2, 0) is 38.9 Å². The molecule has 0 spiro atoms. The van der Waals surface area contributed by atoms with E-state index in [0.717, 1.165) is 91.9 Å². The van der Waals surface area contributed by atoms with Crippen LogP contribution in [0.15, 0.2) is 54.6 Å². The van der Waals surface area contributed by atoms with Gasteiger partial charge in [0.2, 0.25) is 0 Å². The lowest BCUT2D eigenvalue weighted by Gasteiger charge is -2.26. The van der Waals surface area contributed by atoms with Crippen molar-refractivity contribution in [2.24, 2.45) is 5.73 Å². The topological polar surface area (TPSA) is 120 Å². The van der Waals surface area contributed by atoms with Gasteiger partial charge in [0.1, 0.15) is 17.2 Å². The van der Waals surface area contributed by atoms with E-state index in [0.29, 0.717) is 45.0 Å². The summed E-state index contributed by atoms with van der Waals surface area (Å²) in [6.07, 6.45) is 2.31. The molecule has 3 aromatic carbocycles. The van der Waals surface area contributed by atoms with Crippen molar-refractivity contribution in [3.05, 3.63) is 88.0 Å². The van der Waals surface area contributed by atoms with Gasteiger partial charge in [0, 0.05) is 88.7 Å². The first-order valence-corrected chi connectivity index (χ1v) is 16.1. The summed E-state index contributed by atoms with van der Waals surface area (Å²) in [5.74, 6) is 0.868. The number of nitrogens with one attached hydrogen (secondary N) is 2. The molecule has 0 unspecified atom stereocenters. The number of benzene rings is 3. The Labute approximate surface area is 271 Å². The Morgan fingerprint density at radius 2 is 0.864 bits per heavy atom. The zero-order valence-corrected chi connectivity index (χ0v) is 26.8. The summed E-state index contributed by atoms with van der Waals surface area (Å²) in [5.41, 5.74) is 11.8. The van der Waals surface area contributed by atoms with E-state index < -0.39 is 0 Å². The third-order valence-corrected chi connectivity index (χ3v) is 8.64. The number of hydrogen-bond donors (Lipinski definition) is 6. The van der Waals surface area contributed by atoms with Crippen LogP contribution < -0.4 is 15.4 Å². The number of nitrogens with zero attached hydrogens (tertiary/aromatic N) is 3. The van der Waals surface area contributed by atoms with Crippen molar-refractivity contribution < 1.29 is 15.3 Å². The molecule has 0 amide bonds. The highest BCUT2D eigenvalue weighted by Crippen LogP contribution is 2.25. The standard InChI is InChI=1S/C33H46Cl2N6O3/c34-37-11-8-26-2-5-32(43)29(20-26)23-40-15-13-39(22-28-19-25(7-10-36)1-4-31(28)42)14-16-41(18-17-40)24-30-21-27(9-12-38-35)3-6-33(30)44/h1-6,19-21,37-38,42-44H,7-18,22-24,36H2. The Bertz CT molecular complexity index is 1260. The summed E-state index contributed by atoms with van der Waals surface area (Å²) in [6.45, 7) is 8.50. The first-order chi connectivity index (χ1) is 21.4. The first kappa shape index (κ1) is 34.3. The Hall–Kier alpha value is -2.60. The maximum absolute atomic E-state index is 10.7. The molecular formula is C33H46Cl2N6O3. The fourth-order valence-electron chi connectivity index (χ4n) is 5.69. The minimum absolute atomic E-state index is 0.288. The van der Waals surface area contributed by atoms with Crippen LogP contribution in [-0.4, -0.2) is 88.9 Å². The van der Waals surface area contributed by atoms with Gasteiger partial charge >= 0.3 is 0 Å². The van der Waals surface area contributed by atoms with Crippen molar-refractivity contribution >= 4 is 23.6 Å². The van der Waals surface area contributed by atoms with Gasteiger partial charge in [-0.25, -0.2) is 9.67 Å². The largest absolute Gasteiger partial charge is 0.508 e. The normalized spacial score (nSPS) is 15.6. The summed E-state index contributed by atoms with van der Waals surface area (Å²) in [4.78, 5) is 12.5. The molecule has 0 saturated carbocycles. The van der Waals surface area contributed by atoms with Gasteiger partial charge in [-0.2, -0.15) is 0 Å². The van der Waals surface area contributed by atoms with Crippen molar-refractivity contribution in [3.8, 4) is 17.2 Å². The van der Waals surface area contributed by atoms with Crippen molar-refractivity contribution in [3.63, 3.8) is 0 Å². The lowest BCUT2D eigenvalue weighted by molar-refractivity contribution is 0.207. The molecule has 0 atom stereocenters. The van der Waals surface area contributed by atoms with Gasteiger partial charge in [0.25, 0.3) is 0 Å². The van der Waals surface area contributed by atoms with Gasteiger partial charge in [-0.3, -0.25) is 14.7 Å². The Morgan fingerprint density at radius 1 is 0.545 bits per heavy atom. The molecule has 4 rings (SSSR count). The van der Waals surface area contributed by atoms with E-state index in [2.05, 4.69) is 42.6 Å². The lowest BCUT2D eigenvalue weighted by atomic mass is 10.1. The summed E-state index contributed by atoms with van der Waals surface area (Å²) in [5, 5.41) is 32.1. The average molecular weight is 646 g/mol. The molecular weight excluding hydrogens is 599 g/mol. The van der Waals surface area contributed by atoms with Crippen molar-refractivity contribution in [2.45, 2.75) is 38.9 Å². The molecule has 11 heteroatoms. The smallest absolute Gasteiger partial charge is 0.120 e. The summed E-state index contributed by atoms with van der Waals surface area (Å²) in [7, 11) is 0. The van der Waals surface area contributed by atoms with E-state index in [4.69, 9.17) is 29.3 Å². The van der Waals surface area contributed by atoms with Crippen LogP contribution in [0.1, 0.15) is 33.4 Å². The van der Waals surface area contributed by atoms with Crippen LogP contribution in [0.2, 0.25) is 0 Å². The van der Waals surface area contributed by atoms with Gasteiger partial charge in [-0.05, 0) is 84.3 Å². The fourth-order valence-corrected chi connectivity index (χ4v) is 5.88. The molecule has 240 valence electrons. The van der Waals surface area contributed by atoms with E-state index >= 15 is 0 Å². The van der Waals surface area contributed by atoms with E-state index in [1.165, 1.54) is 0 Å². The van der Waals surface area contributed by atoms with E-state index in [9.17, 15) is 15.3 Å². The van der Waals surface area contributed by atoms with Crippen molar-refractivity contribution in [1.82, 2.24) is 24.4 Å². The van der Waals surface area contributed by atoms with Crippen LogP contribution in [0.5, 0.6) is 17.2 Å². The molecule has 0 aliphatic carbocycles. The van der Waals surface area contributed by atoms with Crippen LogP contribution in [0.25, 0.3) is 0 Å². The SMILES string of the molecule is NCCc1ccc(O)c(CN2CCN(Cc3cc(CCNCl)ccc3O)CCN(Cc3cc(CCNCl)ccc3O)CC2)c1. The summed E-state index contributed by atoms with van der Waals surface area (Å²) < 4.78 is 0. The molecule has 0 aromatic heterocycles. The van der Waals surface area contributed by atoms with E-state index in [1.54, 1.807) is 18.2 Å². The van der Waals surface area contributed by atoms with Crippen LogP contribution in [0.4, 0.5) is 0 Å². The highest BCUT2D eigenvalue weighted by molar-refractivity contribution is 6.13. The molecule has 0 radical (unpaired) electrons. The second kappa shape index (κ2) is 17.8. The molecule has 7 N–H and O–H groups in total. The first-order valence-electron chi connectivity index (χ1n) is 15.3. The number of hydrogen-bond acceptors (Lipinski definition) is 9. The molecule has 44 heavy (non-hydrogen) atoms. The number of phenolic OH excluding ortho intramolecular Hbond substituents is 3. The van der Waals surface area contributed by atoms with Crippen LogP contribution in [0.3, 0.4) is 0 Å². The fraction of sp³-hybridized carbons (Fsp3) is 0.455. The molecule has 1 heterocycles. The van der Waals surface area contributed by atoms with Crippen LogP contribution >= 0.6 is 23.6 Å². The molecule has 9 nitrogen and oxygen atoms in total. The molecule has 3 aromatic rings. The van der Waals surface area contributed by atoms with Gasteiger partial charge in [0.15, 0.2) is 0 Å². The van der Waals surface area contributed by atoms with Crippen LogP contribution in [0, 0.1) is 0 Å². The van der Waals surface area contributed by atoms with E-state index in [-0.39, 0.29) is 11.5 Å². The Morgan fingerprint density at radius 3 is 1.16 bits per heavy atom. The zero-order chi connectivity index (χ0) is 31.3. The van der Waals surface area contributed by atoms with Gasteiger partial charge in [-0.15, -0.1) is 0 Å². The third kappa shape index (κ3) is 10.5. The van der Waals surface area contributed by atoms with Gasteiger partial charge < -0.3 is 21.1 Å². The third-order valence-electron chi connectivity index (χ3n) is 8.26. The van der Waals surface area contributed by atoms with Gasteiger partial charge in [0.05, 0.1) is 0 Å². The summed E-state index contributed by atoms with van der Waals surface area (Å²) in [6, 6.07) is 17.3.